The third-order valence-corrected chi connectivity index (χ3v) is 12.8. The number of alkyl carbamates (subject to hydrolysis) is 1. The standard InChI is InChI=1S/C28H31N3O3S.C23H23N3OS/c1-17(2)33-24-14-13-18(15-23(24)29-6)26-30-16-25(35-26)21-11-7-10-20-19(21)9-8-12-22(20)31-27(32)34-28(3,4)5;1-14(2)27-21-11-10-15(12-20(21)25-3)23-26-13-22(28-23)18-8-4-7-17-16(18)6-5-9-19(17)24/h7,10-11,13-17,22H,8-9,12H2,1-5H3,(H,31,32);4,7-8,10-14,19H,5-6,9,24H2,1-2H3/t22-;19-/m11/s1. The fraction of sp³-hybridized carbons (Fsp3) is 0.353. The van der Waals surface area contributed by atoms with Crippen molar-refractivity contribution in [3.8, 4) is 53.5 Å². The van der Waals surface area contributed by atoms with E-state index < -0.39 is 5.60 Å². The van der Waals surface area contributed by atoms with Gasteiger partial charge < -0.3 is 25.3 Å². The van der Waals surface area contributed by atoms with E-state index in [1.807, 2.05) is 103 Å². The predicted octanol–water partition coefficient (Wildman–Crippen LogP) is 13.9. The minimum Gasteiger partial charge on any atom is -0.502 e. The molecule has 0 bridgehead atoms. The lowest BCUT2D eigenvalue weighted by Crippen LogP contribution is -2.36. The van der Waals surface area contributed by atoms with Crippen LogP contribution in [0, 0.1) is 13.1 Å². The van der Waals surface area contributed by atoms with Crippen molar-refractivity contribution in [2.75, 3.05) is 0 Å². The molecular formula is C51H54N6O4S2. The van der Waals surface area contributed by atoms with Crippen molar-refractivity contribution in [2.24, 2.45) is 5.73 Å². The Morgan fingerprint density at radius 1 is 0.746 bits per heavy atom. The van der Waals surface area contributed by atoms with Crippen molar-refractivity contribution in [1.82, 2.24) is 15.3 Å². The Balaban J connectivity index is 0.000000193. The number of nitrogens with zero attached hydrogens (tertiary/aromatic N) is 4. The summed E-state index contributed by atoms with van der Waals surface area (Å²) in [6, 6.07) is 24.1. The first-order chi connectivity index (χ1) is 30.2. The molecule has 2 aliphatic carbocycles. The molecule has 0 saturated heterocycles. The molecule has 0 fully saturated rings. The molecule has 2 heterocycles. The SMILES string of the molecule is [C-]#[N+]c1cc(-c2ncc(-c3cccc4c3CCC[C@H]4N)s2)ccc1OC(C)C.[C-]#[N+]c1cc(-c2ncc(-c3cccc4c3CCC[C@H]4NC(=O)OC(C)(C)C)s2)ccc1OC(C)C. The number of aromatic nitrogens is 2. The Morgan fingerprint density at radius 2 is 1.24 bits per heavy atom. The molecule has 0 saturated carbocycles. The Hall–Kier alpha value is -6.05. The number of hydrogen-bond donors (Lipinski definition) is 2. The summed E-state index contributed by atoms with van der Waals surface area (Å²) >= 11 is 3.26. The maximum atomic E-state index is 12.4. The number of rotatable bonds is 9. The minimum absolute atomic E-state index is 0.00528. The van der Waals surface area contributed by atoms with Gasteiger partial charge in [-0.05, 0) is 145 Å². The van der Waals surface area contributed by atoms with Crippen LogP contribution >= 0.6 is 22.7 Å². The molecule has 2 atom stereocenters. The number of carbonyl (C=O) groups excluding carboxylic acids is 1. The van der Waals surface area contributed by atoms with Crippen LogP contribution in [0.4, 0.5) is 16.2 Å². The fourth-order valence-electron chi connectivity index (χ4n) is 8.04. The van der Waals surface area contributed by atoms with E-state index in [9.17, 15) is 4.79 Å². The van der Waals surface area contributed by atoms with E-state index in [-0.39, 0.29) is 30.4 Å². The van der Waals surface area contributed by atoms with Gasteiger partial charge in [0, 0.05) is 29.6 Å². The minimum atomic E-state index is -0.533. The van der Waals surface area contributed by atoms with Crippen LogP contribution in [0.5, 0.6) is 11.5 Å². The van der Waals surface area contributed by atoms with Crippen LogP contribution in [0.25, 0.3) is 51.7 Å². The molecule has 0 unspecified atom stereocenters. The van der Waals surface area contributed by atoms with E-state index >= 15 is 0 Å². The number of fused-ring (bicyclic) bond motifs is 2. The van der Waals surface area contributed by atoms with Crippen molar-refractivity contribution < 1.29 is 19.0 Å². The van der Waals surface area contributed by atoms with Crippen LogP contribution in [-0.4, -0.2) is 33.9 Å². The number of thiazole rings is 2. The second-order valence-corrected chi connectivity index (χ2v) is 19.4. The van der Waals surface area contributed by atoms with Crippen molar-refractivity contribution in [1.29, 1.82) is 0 Å². The number of nitrogens with two attached hydrogens (primary N) is 1. The molecule has 3 N–H and O–H groups in total. The van der Waals surface area contributed by atoms with Crippen LogP contribution in [-0.2, 0) is 17.6 Å². The molecule has 8 rings (SSSR count). The third kappa shape index (κ3) is 10.8. The van der Waals surface area contributed by atoms with Gasteiger partial charge in [-0.15, -0.1) is 22.7 Å². The molecule has 2 aromatic heterocycles. The Morgan fingerprint density at radius 3 is 1.73 bits per heavy atom. The van der Waals surface area contributed by atoms with E-state index in [1.165, 1.54) is 22.3 Å². The zero-order valence-corrected chi connectivity index (χ0v) is 38.6. The van der Waals surface area contributed by atoms with Crippen LogP contribution in [0.1, 0.15) is 108 Å². The molecule has 10 nitrogen and oxygen atoms in total. The number of carbonyl (C=O) groups is 1. The van der Waals surface area contributed by atoms with Crippen molar-refractivity contribution in [3.63, 3.8) is 0 Å². The van der Waals surface area contributed by atoms with Crippen LogP contribution in [0.2, 0.25) is 0 Å². The summed E-state index contributed by atoms with van der Waals surface area (Å²) in [6.07, 6.45) is 9.56. The fourth-order valence-corrected chi connectivity index (χ4v) is 9.97. The predicted molar refractivity (Wildman–Crippen MR) is 255 cm³/mol. The first-order valence-corrected chi connectivity index (χ1v) is 23.1. The zero-order chi connectivity index (χ0) is 44.8. The highest BCUT2D eigenvalue weighted by atomic mass is 32.1. The van der Waals surface area contributed by atoms with E-state index in [0.717, 1.165) is 80.5 Å². The lowest BCUT2D eigenvalue weighted by Gasteiger charge is -2.29. The number of amides is 1. The Bertz CT molecular complexity index is 2680. The monoisotopic (exact) mass is 878 g/mol. The first-order valence-electron chi connectivity index (χ1n) is 21.5. The topological polar surface area (TPSA) is 117 Å². The number of hydrogen-bond acceptors (Lipinski definition) is 9. The smallest absolute Gasteiger partial charge is 0.408 e. The van der Waals surface area contributed by atoms with Gasteiger partial charge in [-0.25, -0.2) is 24.5 Å². The van der Waals surface area contributed by atoms with Gasteiger partial charge in [-0.1, -0.05) is 48.5 Å². The second kappa shape index (κ2) is 19.6. The molecule has 6 aromatic rings. The van der Waals surface area contributed by atoms with Crippen LogP contribution in [0.3, 0.4) is 0 Å². The van der Waals surface area contributed by atoms with E-state index in [2.05, 4.69) is 55.3 Å². The maximum Gasteiger partial charge on any atom is 0.408 e. The Labute approximate surface area is 379 Å². The third-order valence-electron chi connectivity index (χ3n) is 10.7. The van der Waals surface area contributed by atoms with E-state index in [1.54, 1.807) is 22.7 Å². The van der Waals surface area contributed by atoms with Crippen molar-refractivity contribution >= 4 is 40.1 Å². The molecule has 4 aromatic carbocycles. The zero-order valence-electron chi connectivity index (χ0n) is 37.0. The molecule has 324 valence electrons. The highest BCUT2D eigenvalue weighted by Gasteiger charge is 2.27. The van der Waals surface area contributed by atoms with Crippen LogP contribution in [0.15, 0.2) is 85.2 Å². The van der Waals surface area contributed by atoms with Crippen molar-refractivity contribution in [2.45, 2.75) is 117 Å². The van der Waals surface area contributed by atoms with Gasteiger partial charge in [-0.2, -0.15) is 0 Å². The van der Waals surface area contributed by atoms with Gasteiger partial charge in [0.2, 0.25) is 11.4 Å². The summed E-state index contributed by atoms with van der Waals surface area (Å²) in [5.41, 5.74) is 16.0. The van der Waals surface area contributed by atoms with E-state index in [0.29, 0.717) is 22.9 Å². The molecule has 12 heteroatoms. The molecule has 1 amide bonds. The maximum absolute atomic E-state index is 12.4. The normalized spacial score (nSPS) is 15.6. The average Bonchev–Trinajstić information content (AvgIpc) is 3.95. The number of ether oxygens (including phenoxy) is 3. The lowest BCUT2D eigenvalue weighted by molar-refractivity contribution is 0.0498. The van der Waals surface area contributed by atoms with Gasteiger partial charge in [0.1, 0.15) is 27.1 Å². The molecule has 0 radical (unpaired) electrons. The highest BCUT2D eigenvalue weighted by molar-refractivity contribution is 7.18. The Kier molecular flexibility index (Phi) is 14.0. The first kappa shape index (κ1) is 45.0. The summed E-state index contributed by atoms with van der Waals surface area (Å²) in [4.78, 5) is 31.2. The quantitative estimate of drug-likeness (QED) is 0.139. The van der Waals surface area contributed by atoms with Gasteiger partial charge in [0.15, 0.2) is 0 Å². The lowest BCUT2D eigenvalue weighted by atomic mass is 9.84. The van der Waals surface area contributed by atoms with Crippen LogP contribution < -0.4 is 20.5 Å². The molecular weight excluding hydrogens is 825 g/mol. The summed E-state index contributed by atoms with van der Waals surface area (Å²) in [7, 11) is 0. The van der Waals surface area contributed by atoms with Gasteiger partial charge >= 0.3 is 6.09 Å². The molecule has 0 aliphatic heterocycles. The van der Waals surface area contributed by atoms with E-state index in [4.69, 9.17) is 33.1 Å². The van der Waals surface area contributed by atoms with Gasteiger partial charge in [0.05, 0.1) is 41.1 Å². The average molecular weight is 879 g/mol. The summed E-state index contributed by atoms with van der Waals surface area (Å²) < 4.78 is 17.0. The summed E-state index contributed by atoms with van der Waals surface area (Å²) in [5, 5.41) is 4.83. The summed E-state index contributed by atoms with van der Waals surface area (Å²) in [6.45, 7) is 28.4. The highest BCUT2D eigenvalue weighted by Crippen LogP contribution is 2.43. The number of benzene rings is 4. The largest absolute Gasteiger partial charge is 0.502 e. The molecule has 2 aliphatic rings. The second-order valence-electron chi connectivity index (χ2n) is 17.3. The summed E-state index contributed by atoms with van der Waals surface area (Å²) in [5.74, 6) is 1.22. The molecule has 63 heavy (non-hydrogen) atoms. The molecule has 0 spiro atoms. The van der Waals surface area contributed by atoms with Gasteiger partial charge in [-0.3, -0.25) is 0 Å². The van der Waals surface area contributed by atoms with Gasteiger partial charge in [0.25, 0.3) is 0 Å². The number of nitrogens with one attached hydrogen (secondary N) is 1. The van der Waals surface area contributed by atoms with Crippen molar-refractivity contribution in [3.05, 3.63) is 130 Å².